The number of fused-ring (bicyclic) bond motifs is 8. The highest BCUT2D eigenvalue weighted by Crippen LogP contribution is 2.53. The first-order chi connectivity index (χ1) is 34.1. The van der Waals surface area contributed by atoms with Crippen molar-refractivity contribution in [3.05, 3.63) is 150 Å². The van der Waals surface area contributed by atoms with Gasteiger partial charge in [-0.25, -0.2) is 0 Å². The van der Waals surface area contributed by atoms with Gasteiger partial charge in [0.05, 0.1) is 12.1 Å². The molecule has 0 unspecified atom stereocenters. The summed E-state index contributed by atoms with van der Waals surface area (Å²) in [6.07, 6.45) is 12.2. The van der Waals surface area contributed by atoms with Crippen molar-refractivity contribution < 1.29 is 29.4 Å². The van der Waals surface area contributed by atoms with Gasteiger partial charge >= 0.3 is 0 Å². The summed E-state index contributed by atoms with van der Waals surface area (Å²) in [5.41, 5.74) is 7.40. The van der Waals surface area contributed by atoms with E-state index in [0.29, 0.717) is 50.4 Å². The van der Waals surface area contributed by atoms with Crippen LogP contribution in [0.5, 0.6) is 0 Å². The maximum Gasteiger partial charge on any atom is 0.258 e. The minimum Gasteiger partial charge on any atom is -0.396 e. The molecule has 4 aromatic rings. The van der Waals surface area contributed by atoms with Gasteiger partial charge in [-0.2, -0.15) is 0 Å². The molecule has 2 N–H and O–H groups in total. The molecule has 8 heterocycles. The molecule has 2 aromatic carbocycles. The SMILES string of the molecule is C/C=C/c1ccc2n(c1=O)C[C@H]1[C@H](CO)[C@@H](C(=O)N3CCc4ccccc4C3)N(C(=O)C3CC3)[C@@H]21.C/C=C\c1ccc2n(c1=O)C[C@H]1[C@H](CO)[C@@H](C(=O)N3CCc4ccccc4C3)N(C(=O)C3CC3)[C@@H]21. The van der Waals surface area contributed by atoms with Gasteiger partial charge in [0.2, 0.25) is 23.6 Å². The Kier molecular flexibility index (Phi) is 12.1. The highest BCUT2D eigenvalue weighted by Gasteiger charge is 2.61. The topological polar surface area (TPSA) is 166 Å². The first kappa shape index (κ1) is 46.0. The summed E-state index contributed by atoms with van der Waals surface area (Å²) in [6, 6.07) is 21.7. The van der Waals surface area contributed by atoms with Gasteiger partial charge in [-0.3, -0.25) is 28.8 Å². The second-order valence-electron chi connectivity index (χ2n) is 20.7. The summed E-state index contributed by atoms with van der Waals surface area (Å²) in [4.78, 5) is 88.9. The van der Waals surface area contributed by atoms with Crippen LogP contribution in [0.2, 0.25) is 0 Å². The molecular weight excluding hydrogens is 885 g/mol. The number of aromatic nitrogens is 2. The van der Waals surface area contributed by atoms with E-state index in [0.717, 1.165) is 61.0 Å². The molecule has 8 atom stereocenters. The molecule has 2 saturated carbocycles. The third-order valence-electron chi connectivity index (χ3n) is 16.7. The lowest BCUT2D eigenvalue weighted by molar-refractivity contribution is -0.148. The largest absolute Gasteiger partial charge is 0.396 e. The second-order valence-corrected chi connectivity index (χ2v) is 20.7. The molecule has 70 heavy (non-hydrogen) atoms. The number of nitrogens with zero attached hydrogens (tertiary/aromatic N) is 6. The van der Waals surface area contributed by atoms with E-state index in [2.05, 4.69) is 24.3 Å². The predicted octanol–water partition coefficient (Wildman–Crippen LogP) is 4.73. The summed E-state index contributed by atoms with van der Waals surface area (Å²) in [7, 11) is 0. The summed E-state index contributed by atoms with van der Waals surface area (Å²) >= 11 is 0. The van der Waals surface area contributed by atoms with Crippen molar-refractivity contribution in [2.45, 2.75) is 103 Å². The number of likely N-dealkylation sites (tertiary alicyclic amines) is 2. The van der Waals surface area contributed by atoms with Crippen LogP contribution in [0, 0.1) is 35.5 Å². The minimum absolute atomic E-state index is 0.00913. The van der Waals surface area contributed by atoms with E-state index in [-0.39, 0.29) is 83.7 Å². The molecule has 364 valence electrons. The standard InChI is InChI=1S/2C28H31N3O4/c2*1-2-5-18-10-11-23-24-21(15-30(23)26(18)33)22(16-32)25(31(24)27(34)19-8-9-19)28(35)29-13-12-17-6-3-4-7-20(17)14-29/h2*2-7,10-11,19,21-22,24-25,32H,8-9,12-16H2,1H3/b5-2+;5-2-/t2*21-,22-,24+,25-/m00/s1. The summed E-state index contributed by atoms with van der Waals surface area (Å²) in [5.74, 6) is -1.45. The number of allylic oxidation sites excluding steroid dienone is 2. The molecule has 2 aromatic heterocycles. The van der Waals surface area contributed by atoms with Crippen molar-refractivity contribution in [3.63, 3.8) is 0 Å². The molecule has 14 nitrogen and oxygen atoms in total. The van der Waals surface area contributed by atoms with E-state index in [1.165, 1.54) is 11.1 Å². The molecule has 2 saturated heterocycles. The minimum atomic E-state index is -0.701. The normalized spacial score (nSPS) is 27.1. The fourth-order valence-electron chi connectivity index (χ4n) is 12.9. The fraction of sp³-hybridized carbons (Fsp3) is 0.464. The Labute approximate surface area is 407 Å². The molecule has 4 amide bonds. The molecular formula is C56H62N6O8. The zero-order valence-corrected chi connectivity index (χ0v) is 39.9. The number of aliphatic hydroxyl groups is 2. The predicted molar refractivity (Wildman–Crippen MR) is 262 cm³/mol. The Morgan fingerprint density at radius 2 is 0.929 bits per heavy atom. The van der Waals surface area contributed by atoms with E-state index in [1.54, 1.807) is 43.2 Å². The summed E-state index contributed by atoms with van der Waals surface area (Å²) in [6.45, 7) is 6.44. The molecule has 6 aliphatic heterocycles. The van der Waals surface area contributed by atoms with Crippen molar-refractivity contribution in [3.8, 4) is 0 Å². The third kappa shape index (κ3) is 7.69. The van der Waals surface area contributed by atoms with Crippen LogP contribution in [0.1, 0.15) is 96.4 Å². The van der Waals surface area contributed by atoms with Gasteiger partial charge in [0.25, 0.3) is 11.1 Å². The molecule has 2 aliphatic carbocycles. The number of hydrogen-bond donors (Lipinski definition) is 2. The van der Waals surface area contributed by atoms with Crippen LogP contribution in [-0.2, 0) is 58.2 Å². The van der Waals surface area contributed by atoms with Crippen LogP contribution in [0.15, 0.2) is 94.5 Å². The molecule has 12 rings (SSSR count). The van der Waals surface area contributed by atoms with E-state index < -0.39 is 23.9 Å². The summed E-state index contributed by atoms with van der Waals surface area (Å²) in [5, 5.41) is 21.0. The number of benzene rings is 2. The Morgan fingerprint density at radius 3 is 1.29 bits per heavy atom. The monoisotopic (exact) mass is 946 g/mol. The van der Waals surface area contributed by atoms with Crippen molar-refractivity contribution >= 4 is 35.8 Å². The Hall–Kier alpha value is -6.38. The smallest absolute Gasteiger partial charge is 0.258 e. The molecule has 0 bridgehead atoms. The van der Waals surface area contributed by atoms with Gasteiger partial charge < -0.3 is 38.9 Å². The van der Waals surface area contributed by atoms with Crippen LogP contribution in [-0.4, -0.2) is 101 Å². The van der Waals surface area contributed by atoms with Crippen LogP contribution in [0.25, 0.3) is 12.2 Å². The van der Waals surface area contributed by atoms with Gasteiger partial charge in [0, 0.05) is 111 Å². The fourth-order valence-corrected chi connectivity index (χ4v) is 12.9. The number of hydrogen-bond acceptors (Lipinski definition) is 8. The van der Waals surface area contributed by atoms with Crippen molar-refractivity contribution in [2.75, 3.05) is 26.3 Å². The number of carbonyl (C=O) groups excluding carboxylic acids is 4. The lowest BCUT2D eigenvalue weighted by atomic mass is 9.87. The number of carbonyl (C=O) groups is 4. The van der Waals surface area contributed by atoms with Crippen LogP contribution >= 0.6 is 0 Å². The van der Waals surface area contributed by atoms with Gasteiger partial charge in [0.15, 0.2) is 0 Å². The van der Waals surface area contributed by atoms with Crippen LogP contribution in [0.4, 0.5) is 0 Å². The second kappa shape index (κ2) is 18.4. The Balaban J connectivity index is 0.000000152. The van der Waals surface area contributed by atoms with Gasteiger partial charge in [-0.15, -0.1) is 0 Å². The molecule has 14 heteroatoms. The number of rotatable bonds is 8. The van der Waals surface area contributed by atoms with E-state index in [4.69, 9.17) is 0 Å². The number of aliphatic hydroxyl groups excluding tert-OH is 2. The van der Waals surface area contributed by atoms with Crippen molar-refractivity contribution in [1.29, 1.82) is 0 Å². The zero-order chi connectivity index (χ0) is 48.5. The van der Waals surface area contributed by atoms with Crippen molar-refractivity contribution in [1.82, 2.24) is 28.7 Å². The van der Waals surface area contributed by atoms with E-state index >= 15 is 0 Å². The first-order valence-electron chi connectivity index (χ1n) is 25.4. The first-order valence-corrected chi connectivity index (χ1v) is 25.4. The van der Waals surface area contributed by atoms with Crippen LogP contribution < -0.4 is 11.1 Å². The molecule has 8 aliphatic rings. The van der Waals surface area contributed by atoms with Gasteiger partial charge in [-0.05, 0) is 98.9 Å². The van der Waals surface area contributed by atoms with E-state index in [9.17, 15) is 39.0 Å². The third-order valence-corrected chi connectivity index (χ3v) is 16.7. The Bertz CT molecular complexity index is 2750. The van der Waals surface area contributed by atoms with Crippen molar-refractivity contribution in [2.24, 2.45) is 35.5 Å². The highest BCUT2D eigenvalue weighted by molar-refractivity contribution is 5.92. The van der Waals surface area contributed by atoms with Crippen LogP contribution in [0.3, 0.4) is 0 Å². The molecule has 4 fully saturated rings. The maximum atomic E-state index is 14.0. The maximum absolute atomic E-state index is 14.0. The lowest BCUT2D eigenvalue weighted by Gasteiger charge is -2.37. The number of amides is 4. The lowest BCUT2D eigenvalue weighted by Crippen LogP contribution is -2.53. The Morgan fingerprint density at radius 1 is 0.543 bits per heavy atom. The average Bonchev–Trinajstić information content (AvgIpc) is 4.30. The highest BCUT2D eigenvalue weighted by atomic mass is 16.3. The van der Waals surface area contributed by atoms with Gasteiger partial charge in [0.1, 0.15) is 12.1 Å². The number of pyridine rings is 2. The van der Waals surface area contributed by atoms with Gasteiger partial charge in [-0.1, -0.05) is 72.8 Å². The average molecular weight is 947 g/mol. The molecule has 0 radical (unpaired) electrons. The van der Waals surface area contributed by atoms with E-state index in [1.807, 2.05) is 72.2 Å². The summed E-state index contributed by atoms with van der Waals surface area (Å²) < 4.78 is 3.50. The zero-order valence-electron chi connectivity index (χ0n) is 39.9. The molecule has 0 spiro atoms. The quantitative estimate of drug-likeness (QED) is 0.256.